The van der Waals surface area contributed by atoms with Gasteiger partial charge in [-0.05, 0) is 28.1 Å². The van der Waals surface area contributed by atoms with Crippen molar-refractivity contribution < 1.29 is 9.53 Å². The highest BCUT2D eigenvalue weighted by Crippen LogP contribution is 2.27. The molecule has 1 rings (SSSR count). The number of esters is 1. The summed E-state index contributed by atoms with van der Waals surface area (Å²) < 4.78 is 5.21. The van der Waals surface area contributed by atoms with E-state index in [4.69, 9.17) is 5.26 Å². The first-order valence-electron chi connectivity index (χ1n) is 3.61. The topological polar surface area (TPSA) is 50.1 Å². The van der Waals surface area contributed by atoms with E-state index in [1.807, 2.05) is 6.07 Å². The molecular formula is C9H6BrNO2S. The summed E-state index contributed by atoms with van der Waals surface area (Å²) in [6.07, 6.45) is 0. The van der Waals surface area contributed by atoms with Gasteiger partial charge in [-0.2, -0.15) is 5.26 Å². The van der Waals surface area contributed by atoms with Crippen LogP contribution < -0.4 is 0 Å². The van der Waals surface area contributed by atoms with E-state index < -0.39 is 5.97 Å². The summed E-state index contributed by atoms with van der Waals surface area (Å²) in [7, 11) is 1.26. The quantitative estimate of drug-likeness (QED) is 0.630. The minimum absolute atomic E-state index is 0.188. The van der Waals surface area contributed by atoms with Gasteiger partial charge in [-0.1, -0.05) is 0 Å². The van der Waals surface area contributed by atoms with Gasteiger partial charge in [0.15, 0.2) is 0 Å². The lowest BCUT2D eigenvalue weighted by atomic mass is 10.1. The third kappa shape index (κ3) is 1.91. The number of thiol groups is 1. The highest BCUT2D eigenvalue weighted by atomic mass is 79.9. The Morgan fingerprint density at radius 2 is 2.29 bits per heavy atom. The van der Waals surface area contributed by atoms with Crippen molar-refractivity contribution in [2.75, 3.05) is 7.11 Å². The average molecular weight is 272 g/mol. The third-order valence-corrected chi connectivity index (χ3v) is 3.07. The molecule has 3 nitrogen and oxygen atoms in total. The number of ether oxygens (including phenoxy) is 1. The lowest BCUT2D eigenvalue weighted by Crippen LogP contribution is -2.05. The summed E-state index contributed by atoms with van der Waals surface area (Å²) in [6.45, 7) is 0. The SMILES string of the molecule is COC(=O)c1c(C#N)ccc(Br)c1S. The molecule has 0 bridgehead atoms. The zero-order valence-corrected chi connectivity index (χ0v) is 9.72. The molecular weight excluding hydrogens is 266 g/mol. The molecule has 0 unspecified atom stereocenters. The first-order valence-corrected chi connectivity index (χ1v) is 4.85. The predicted molar refractivity (Wildman–Crippen MR) is 57.4 cm³/mol. The van der Waals surface area contributed by atoms with Gasteiger partial charge in [0.1, 0.15) is 6.07 Å². The van der Waals surface area contributed by atoms with Gasteiger partial charge in [0.2, 0.25) is 0 Å². The smallest absolute Gasteiger partial charge is 0.340 e. The molecule has 0 aliphatic rings. The second-order valence-corrected chi connectivity index (χ2v) is 3.72. The second-order valence-electron chi connectivity index (χ2n) is 2.42. The number of nitriles is 1. The molecule has 0 amide bonds. The molecule has 0 spiro atoms. The summed E-state index contributed by atoms with van der Waals surface area (Å²) >= 11 is 7.34. The highest BCUT2D eigenvalue weighted by molar-refractivity contribution is 9.10. The molecule has 14 heavy (non-hydrogen) atoms. The molecule has 0 saturated carbocycles. The monoisotopic (exact) mass is 271 g/mol. The van der Waals surface area contributed by atoms with Crippen molar-refractivity contribution in [3.05, 3.63) is 27.7 Å². The number of carbonyl (C=O) groups excluding carboxylic acids is 1. The van der Waals surface area contributed by atoms with Crippen LogP contribution in [0.5, 0.6) is 0 Å². The predicted octanol–water partition coefficient (Wildman–Crippen LogP) is 2.40. The molecule has 5 heteroatoms. The summed E-state index contributed by atoms with van der Waals surface area (Å²) in [5.74, 6) is -0.562. The normalized spacial score (nSPS) is 9.29. The molecule has 0 N–H and O–H groups in total. The number of nitrogens with zero attached hydrogens (tertiary/aromatic N) is 1. The molecule has 1 aromatic rings. The van der Waals surface area contributed by atoms with Crippen molar-refractivity contribution in [2.24, 2.45) is 0 Å². The van der Waals surface area contributed by atoms with Gasteiger partial charge < -0.3 is 4.74 Å². The Labute approximate surface area is 95.2 Å². The molecule has 0 heterocycles. The molecule has 0 aliphatic carbocycles. The zero-order chi connectivity index (χ0) is 10.7. The lowest BCUT2D eigenvalue weighted by Gasteiger charge is -2.06. The maximum atomic E-state index is 11.3. The molecule has 0 fully saturated rings. The number of methoxy groups -OCH3 is 1. The zero-order valence-electron chi connectivity index (χ0n) is 7.24. The molecule has 1 aromatic carbocycles. The van der Waals surface area contributed by atoms with Gasteiger partial charge in [0.05, 0.1) is 18.2 Å². The second kappa shape index (κ2) is 4.49. The van der Waals surface area contributed by atoms with Crippen molar-refractivity contribution in [3.63, 3.8) is 0 Å². The van der Waals surface area contributed by atoms with Gasteiger partial charge in [-0.25, -0.2) is 4.79 Å². The first kappa shape index (κ1) is 11.1. The lowest BCUT2D eigenvalue weighted by molar-refractivity contribution is 0.0596. The minimum Gasteiger partial charge on any atom is -0.465 e. The fourth-order valence-corrected chi connectivity index (χ4v) is 1.58. The van der Waals surface area contributed by atoms with Crippen LogP contribution in [-0.4, -0.2) is 13.1 Å². The number of halogens is 1. The Balaban J connectivity index is 3.45. The molecule has 72 valence electrons. The number of carbonyl (C=O) groups is 1. The van der Waals surface area contributed by atoms with Crippen LogP contribution in [0.15, 0.2) is 21.5 Å². The molecule has 0 atom stereocenters. The summed E-state index contributed by atoms with van der Waals surface area (Å²) in [6, 6.07) is 5.11. The largest absolute Gasteiger partial charge is 0.465 e. The number of hydrogen-bond donors (Lipinski definition) is 1. The minimum atomic E-state index is -0.562. The summed E-state index contributed by atoms with van der Waals surface area (Å²) in [4.78, 5) is 11.7. The van der Waals surface area contributed by atoms with Crippen molar-refractivity contribution in [3.8, 4) is 6.07 Å². The summed E-state index contributed by atoms with van der Waals surface area (Å²) in [5.41, 5.74) is 0.442. The Morgan fingerprint density at radius 1 is 1.64 bits per heavy atom. The van der Waals surface area contributed by atoms with Gasteiger partial charge in [-0.15, -0.1) is 12.6 Å². The molecule has 0 aliphatic heterocycles. The van der Waals surface area contributed by atoms with E-state index in [1.165, 1.54) is 13.2 Å². The van der Waals surface area contributed by atoms with Crippen molar-refractivity contribution in [1.82, 2.24) is 0 Å². The van der Waals surface area contributed by atoms with Crippen LogP contribution in [0.25, 0.3) is 0 Å². The maximum Gasteiger partial charge on any atom is 0.340 e. The van der Waals surface area contributed by atoms with Crippen molar-refractivity contribution >= 4 is 34.5 Å². The van der Waals surface area contributed by atoms with E-state index >= 15 is 0 Å². The number of benzene rings is 1. The Kier molecular flexibility index (Phi) is 3.55. The van der Waals surface area contributed by atoms with E-state index in [0.29, 0.717) is 9.37 Å². The van der Waals surface area contributed by atoms with E-state index in [-0.39, 0.29) is 11.1 Å². The third-order valence-electron chi connectivity index (χ3n) is 1.64. The van der Waals surface area contributed by atoms with E-state index in [2.05, 4.69) is 33.3 Å². The Bertz CT molecular complexity index is 426. The Morgan fingerprint density at radius 3 is 2.79 bits per heavy atom. The standard InChI is InChI=1S/C9H6BrNO2S/c1-13-9(12)7-5(4-11)2-3-6(10)8(7)14/h2-3,14H,1H3. The van der Waals surface area contributed by atoms with Crippen molar-refractivity contribution in [1.29, 1.82) is 5.26 Å². The molecule has 0 radical (unpaired) electrons. The van der Waals surface area contributed by atoms with Crippen LogP contribution in [0.2, 0.25) is 0 Å². The number of rotatable bonds is 1. The van der Waals surface area contributed by atoms with Crippen LogP contribution in [0.4, 0.5) is 0 Å². The fraction of sp³-hybridized carbons (Fsp3) is 0.111. The van der Waals surface area contributed by atoms with Crippen LogP contribution in [0, 0.1) is 11.3 Å². The van der Waals surface area contributed by atoms with Crippen molar-refractivity contribution in [2.45, 2.75) is 4.90 Å². The fourth-order valence-electron chi connectivity index (χ4n) is 0.968. The van der Waals surface area contributed by atoms with Gasteiger partial charge in [0, 0.05) is 9.37 Å². The Hall–Kier alpha value is -0.990. The first-order chi connectivity index (χ1) is 6.61. The molecule has 0 aromatic heterocycles. The number of hydrogen-bond acceptors (Lipinski definition) is 4. The maximum absolute atomic E-state index is 11.3. The average Bonchev–Trinajstić information content (AvgIpc) is 2.20. The van der Waals surface area contributed by atoms with Gasteiger partial charge in [-0.3, -0.25) is 0 Å². The van der Waals surface area contributed by atoms with Crippen LogP contribution in [-0.2, 0) is 4.74 Å². The van der Waals surface area contributed by atoms with E-state index in [0.717, 1.165) is 0 Å². The van der Waals surface area contributed by atoms with Gasteiger partial charge >= 0.3 is 5.97 Å². The van der Waals surface area contributed by atoms with Crippen LogP contribution in [0.3, 0.4) is 0 Å². The highest BCUT2D eigenvalue weighted by Gasteiger charge is 2.17. The van der Waals surface area contributed by atoms with Gasteiger partial charge in [0.25, 0.3) is 0 Å². The van der Waals surface area contributed by atoms with E-state index in [9.17, 15) is 4.79 Å². The van der Waals surface area contributed by atoms with E-state index in [1.54, 1.807) is 6.07 Å². The van der Waals surface area contributed by atoms with Crippen LogP contribution in [0.1, 0.15) is 15.9 Å². The summed E-state index contributed by atoms with van der Waals surface area (Å²) in [5, 5.41) is 8.77. The van der Waals surface area contributed by atoms with Crippen LogP contribution >= 0.6 is 28.6 Å². The molecule has 0 saturated heterocycles.